The number of rotatable bonds is 7. The van der Waals surface area contributed by atoms with Crippen molar-refractivity contribution >= 4 is 27.8 Å². The van der Waals surface area contributed by atoms with Crippen LogP contribution in [0.2, 0.25) is 0 Å². The van der Waals surface area contributed by atoms with Gasteiger partial charge in [-0.15, -0.1) is 0 Å². The summed E-state index contributed by atoms with van der Waals surface area (Å²) in [6.07, 6.45) is 0. The predicted molar refractivity (Wildman–Crippen MR) is 200 cm³/mol. The molecule has 8 aromatic carbocycles. The summed E-state index contributed by atoms with van der Waals surface area (Å²) in [5, 5.41) is 2.30. The Labute approximate surface area is 282 Å². The highest BCUT2D eigenvalue weighted by atomic mass is 15.1. The van der Waals surface area contributed by atoms with Gasteiger partial charge in [0.2, 0.25) is 0 Å². The first-order chi connectivity index (χ1) is 25.0. The first-order valence-corrected chi connectivity index (χ1v) is 15.8. The Morgan fingerprint density at radius 1 is 0.319 bits per heavy atom. The molecular weight excluding hydrogens is 567 g/mol. The normalized spacial score (nSPS) is 12.2. The lowest BCUT2D eigenvalue weighted by molar-refractivity contribution is 1.28. The average Bonchev–Trinajstić information content (AvgIpc) is 3.19. The van der Waals surface area contributed by atoms with E-state index in [2.05, 4.69) is 42.5 Å². The molecular formula is C46H33N. The van der Waals surface area contributed by atoms with Gasteiger partial charge in [-0.1, -0.05) is 158 Å². The van der Waals surface area contributed by atoms with E-state index < -0.39 is 0 Å². The molecule has 0 atom stereocenters. The molecule has 1 heteroatoms. The fraction of sp³-hybridized carbons (Fsp3) is 0. The predicted octanol–water partition coefficient (Wildman–Crippen LogP) is 13.0. The van der Waals surface area contributed by atoms with Crippen molar-refractivity contribution in [2.75, 3.05) is 4.90 Å². The smallest absolute Gasteiger partial charge is 0.0645 e. The Hall–Kier alpha value is -6.18. The first kappa shape index (κ1) is 24.1. The highest BCUT2D eigenvalue weighted by molar-refractivity contribution is 5.91. The van der Waals surface area contributed by atoms with Gasteiger partial charge in [0, 0.05) is 16.9 Å². The summed E-state index contributed by atoms with van der Waals surface area (Å²) < 4.78 is 37.8. The minimum absolute atomic E-state index is 0.0934. The molecule has 8 rings (SSSR count). The molecule has 8 aromatic rings. The van der Waals surface area contributed by atoms with Crippen LogP contribution in [0.25, 0.3) is 55.3 Å². The fourth-order valence-corrected chi connectivity index (χ4v) is 6.16. The number of hydrogen-bond donors (Lipinski definition) is 0. The Bertz CT molecular complexity index is 2500. The molecule has 47 heavy (non-hydrogen) atoms. The third-order valence-corrected chi connectivity index (χ3v) is 8.51. The zero-order chi connectivity index (χ0) is 34.9. The summed E-state index contributed by atoms with van der Waals surface area (Å²) in [6, 6.07) is 58.0. The van der Waals surface area contributed by atoms with Crippen molar-refractivity contribution in [2.24, 2.45) is 0 Å². The number of anilines is 3. The molecule has 0 unspecified atom stereocenters. The summed E-state index contributed by atoms with van der Waals surface area (Å²) in [4.78, 5) is 1.89. The molecule has 0 saturated carbocycles. The third kappa shape index (κ3) is 5.83. The van der Waals surface area contributed by atoms with Crippen molar-refractivity contribution in [2.45, 2.75) is 0 Å². The lowest BCUT2D eigenvalue weighted by atomic mass is 9.98. The SMILES string of the molecule is [2H]c1c([2H])c(N(c2cccc(-c3ccc4ccccc4c3)c2)c2ccccc2-c2ccccc2)c([2H])c([2H])c1-c1cccc(-c2ccccc2)c1. The monoisotopic (exact) mass is 603 g/mol. The molecule has 0 N–H and O–H groups in total. The van der Waals surface area contributed by atoms with E-state index in [4.69, 9.17) is 0 Å². The number of fused-ring (bicyclic) bond motifs is 1. The zero-order valence-corrected chi connectivity index (χ0v) is 25.7. The molecule has 0 aliphatic heterocycles. The van der Waals surface area contributed by atoms with Gasteiger partial charge in [0.25, 0.3) is 0 Å². The van der Waals surface area contributed by atoms with Gasteiger partial charge in [-0.3, -0.25) is 0 Å². The highest BCUT2D eigenvalue weighted by Crippen LogP contribution is 2.42. The van der Waals surface area contributed by atoms with Crippen LogP contribution in [-0.2, 0) is 0 Å². The van der Waals surface area contributed by atoms with Crippen molar-refractivity contribution < 1.29 is 5.48 Å². The minimum Gasteiger partial charge on any atom is -0.310 e. The summed E-state index contributed by atoms with van der Waals surface area (Å²) >= 11 is 0. The van der Waals surface area contributed by atoms with Crippen molar-refractivity contribution in [1.82, 2.24) is 0 Å². The second-order valence-electron chi connectivity index (χ2n) is 11.5. The molecule has 0 spiro atoms. The van der Waals surface area contributed by atoms with Gasteiger partial charge in [-0.05, 0) is 92.1 Å². The minimum atomic E-state index is -0.116. The van der Waals surface area contributed by atoms with Crippen LogP contribution in [-0.4, -0.2) is 0 Å². The van der Waals surface area contributed by atoms with E-state index in [-0.39, 0.29) is 35.4 Å². The van der Waals surface area contributed by atoms with E-state index in [0.29, 0.717) is 5.56 Å². The van der Waals surface area contributed by atoms with E-state index >= 15 is 0 Å². The molecule has 1 nitrogen and oxygen atoms in total. The maximum Gasteiger partial charge on any atom is 0.0645 e. The quantitative estimate of drug-likeness (QED) is 0.175. The van der Waals surface area contributed by atoms with Gasteiger partial charge in [0.05, 0.1) is 11.2 Å². The largest absolute Gasteiger partial charge is 0.310 e. The topological polar surface area (TPSA) is 3.24 Å². The summed E-state index contributed by atoms with van der Waals surface area (Å²) in [7, 11) is 0. The van der Waals surface area contributed by atoms with E-state index in [0.717, 1.165) is 55.5 Å². The molecule has 0 aliphatic rings. The molecule has 0 heterocycles. The second kappa shape index (κ2) is 12.7. The number of nitrogens with zero attached hydrogens (tertiary/aromatic N) is 1. The first-order valence-electron chi connectivity index (χ1n) is 17.8. The summed E-state index contributed by atoms with van der Waals surface area (Å²) in [5.41, 5.74) is 8.43. The summed E-state index contributed by atoms with van der Waals surface area (Å²) in [6.45, 7) is 0. The highest BCUT2D eigenvalue weighted by Gasteiger charge is 2.18. The number of para-hydroxylation sites is 1. The molecule has 0 amide bonds. The van der Waals surface area contributed by atoms with Crippen LogP contribution < -0.4 is 4.90 Å². The van der Waals surface area contributed by atoms with Crippen LogP contribution in [0.15, 0.2) is 200 Å². The van der Waals surface area contributed by atoms with Crippen LogP contribution in [0.4, 0.5) is 17.1 Å². The van der Waals surface area contributed by atoms with Gasteiger partial charge in [0.1, 0.15) is 0 Å². The lowest BCUT2D eigenvalue weighted by Crippen LogP contribution is -2.11. The maximum absolute atomic E-state index is 9.52. The van der Waals surface area contributed by atoms with Gasteiger partial charge in [-0.25, -0.2) is 0 Å². The Balaban J connectivity index is 1.34. The van der Waals surface area contributed by atoms with Crippen molar-refractivity contribution in [3.8, 4) is 44.5 Å². The van der Waals surface area contributed by atoms with E-state index in [1.54, 1.807) is 0 Å². The van der Waals surface area contributed by atoms with Crippen molar-refractivity contribution in [1.29, 1.82) is 0 Å². The van der Waals surface area contributed by atoms with Crippen LogP contribution in [0.5, 0.6) is 0 Å². The maximum atomic E-state index is 9.52. The van der Waals surface area contributed by atoms with Crippen molar-refractivity contribution in [3.05, 3.63) is 200 Å². The van der Waals surface area contributed by atoms with Crippen LogP contribution in [0.3, 0.4) is 0 Å². The summed E-state index contributed by atoms with van der Waals surface area (Å²) in [5.74, 6) is 0. The molecule has 0 aromatic heterocycles. The average molecular weight is 604 g/mol. The van der Waals surface area contributed by atoms with Gasteiger partial charge in [-0.2, -0.15) is 0 Å². The molecule has 0 bridgehead atoms. The standard InChI is InChI=1S/C46H33N/c1-3-13-34(14-4-1)39-19-11-20-40(31-39)36-27-29-43(30-28-36)47(46-24-10-9-23-45(46)37-16-5-2-6-17-37)44-22-12-21-41(33-44)42-26-25-35-15-7-8-18-38(35)32-42/h1-33H/i27D,28D,29D,30D. The Morgan fingerprint density at radius 2 is 0.872 bits per heavy atom. The molecule has 0 saturated heterocycles. The Morgan fingerprint density at radius 3 is 1.64 bits per heavy atom. The van der Waals surface area contributed by atoms with E-state index in [1.165, 1.54) is 0 Å². The van der Waals surface area contributed by atoms with Crippen LogP contribution >= 0.6 is 0 Å². The third-order valence-electron chi connectivity index (χ3n) is 8.51. The van der Waals surface area contributed by atoms with E-state index in [9.17, 15) is 5.48 Å². The fourth-order valence-electron chi connectivity index (χ4n) is 6.16. The zero-order valence-electron chi connectivity index (χ0n) is 29.7. The van der Waals surface area contributed by atoms with Gasteiger partial charge >= 0.3 is 0 Å². The molecule has 0 fully saturated rings. The van der Waals surface area contributed by atoms with Gasteiger partial charge < -0.3 is 4.90 Å². The van der Waals surface area contributed by atoms with E-state index in [1.807, 2.05) is 138 Å². The van der Waals surface area contributed by atoms with Crippen LogP contribution in [0, 0.1) is 0 Å². The number of hydrogen-bond acceptors (Lipinski definition) is 1. The van der Waals surface area contributed by atoms with Gasteiger partial charge in [0.15, 0.2) is 0 Å². The number of benzene rings is 8. The van der Waals surface area contributed by atoms with Crippen molar-refractivity contribution in [3.63, 3.8) is 0 Å². The second-order valence-corrected chi connectivity index (χ2v) is 11.5. The molecule has 0 radical (unpaired) electrons. The molecule has 222 valence electrons. The Kier molecular flexibility index (Phi) is 6.50. The van der Waals surface area contributed by atoms with Crippen LogP contribution in [0.1, 0.15) is 5.48 Å². The lowest BCUT2D eigenvalue weighted by Gasteiger charge is -2.28. The molecule has 0 aliphatic carbocycles.